The normalized spacial score (nSPS) is 10.0. The molecule has 1 amide bonds. The summed E-state index contributed by atoms with van der Waals surface area (Å²) in [5.41, 5.74) is 6.54. The van der Waals surface area contributed by atoms with Gasteiger partial charge >= 0.3 is 0 Å². The number of aliphatic hydroxyl groups excluding tert-OH is 1. The van der Waals surface area contributed by atoms with Gasteiger partial charge in [0.05, 0.1) is 36.3 Å². The van der Waals surface area contributed by atoms with Crippen LogP contribution in [0.3, 0.4) is 0 Å². The third-order valence-electron chi connectivity index (χ3n) is 4.73. The first-order chi connectivity index (χ1) is 14.7. The smallest absolute Gasteiger partial charge is 0.211 e. The van der Waals surface area contributed by atoms with Gasteiger partial charge in [-0.1, -0.05) is 43.3 Å². The van der Waals surface area contributed by atoms with Crippen LogP contribution in [0.25, 0.3) is 16.6 Å². The van der Waals surface area contributed by atoms with Gasteiger partial charge in [-0.3, -0.25) is 4.79 Å². The van der Waals surface area contributed by atoms with Gasteiger partial charge in [0.25, 0.3) is 0 Å². The second-order valence-corrected chi connectivity index (χ2v) is 6.51. The van der Waals surface area contributed by atoms with E-state index < -0.39 is 0 Å². The van der Waals surface area contributed by atoms with Crippen molar-refractivity contribution in [3.05, 3.63) is 90.0 Å². The number of rotatable bonds is 5. The van der Waals surface area contributed by atoms with Crippen LogP contribution in [-0.4, -0.2) is 20.9 Å². The van der Waals surface area contributed by atoms with E-state index in [1.54, 1.807) is 12.1 Å². The van der Waals surface area contributed by atoms with E-state index in [-0.39, 0.29) is 6.61 Å². The van der Waals surface area contributed by atoms with Crippen molar-refractivity contribution in [1.82, 2.24) is 9.38 Å². The molecule has 30 heavy (non-hydrogen) atoms. The number of benzene rings is 2. The quantitative estimate of drug-likeness (QED) is 0.494. The van der Waals surface area contributed by atoms with Crippen molar-refractivity contribution in [2.24, 2.45) is 0 Å². The Morgan fingerprint density at radius 2 is 1.97 bits per heavy atom. The zero-order chi connectivity index (χ0) is 21.3. The molecule has 0 fully saturated rings. The molecule has 2 heterocycles. The van der Waals surface area contributed by atoms with E-state index in [9.17, 15) is 4.79 Å². The third-order valence-corrected chi connectivity index (χ3v) is 4.73. The Labute approximate surface area is 175 Å². The number of aliphatic hydroxyl groups is 1. The van der Waals surface area contributed by atoms with Crippen molar-refractivity contribution in [2.75, 3.05) is 5.32 Å². The number of carbonyl (C=O) groups excluding carboxylic acids is 1. The maximum absolute atomic E-state index is 10.1. The largest absolute Gasteiger partial charge is 0.392 e. The van der Waals surface area contributed by atoms with Crippen LogP contribution in [0.2, 0.25) is 0 Å². The Morgan fingerprint density at radius 3 is 2.63 bits per heavy atom. The van der Waals surface area contributed by atoms with Gasteiger partial charge in [0.1, 0.15) is 0 Å². The highest BCUT2D eigenvalue weighted by atomic mass is 16.3. The fraction of sp³-hybridized carbons (Fsp3) is 0.125. The molecule has 0 spiro atoms. The molecule has 150 valence electrons. The minimum absolute atomic E-state index is 0.203. The van der Waals surface area contributed by atoms with Crippen LogP contribution < -0.4 is 5.32 Å². The molecule has 0 saturated heterocycles. The maximum Gasteiger partial charge on any atom is 0.211 e. The van der Waals surface area contributed by atoms with Gasteiger partial charge in [-0.2, -0.15) is 5.26 Å². The molecule has 0 bridgehead atoms. The minimum Gasteiger partial charge on any atom is -0.392 e. The first kappa shape index (κ1) is 20.8. The van der Waals surface area contributed by atoms with Gasteiger partial charge in [0.15, 0.2) is 0 Å². The van der Waals surface area contributed by atoms with Crippen LogP contribution in [-0.2, 0) is 17.8 Å². The molecule has 6 heteroatoms. The van der Waals surface area contributed by atoms with Crippen molar-refractivity contribution in [3.63, 3.8) is 0 Å². The summed E-state index contributed by atoms with van der Waals surface area (Å²) in [6, 6.07) is 21.4. The van der Waals surface area contributed by atoms with Crippen LogP contribution in [0, 0.1) is 11.3 Å². The van der Waals surface area contributed by atoms with Gasteiger partial charge in [0.2, 0.25) is 6.41 Å². The van der Waals surface area contributed by atoms with E-state index in [2.05, 4.69) is 58.0 Å². The van der Waals surface area contributed by atoms with Crippen LogP contribution >= 0.6 is 0 Å². The van der Waals surface area contributed by atoms with E-state index in [4.69, 9.17) is 10.4 Å². The highest BCUT2D eigenvalue weighted by Gasteiger charge is 2.07. The summed E-state index contributed by atoms with van der Waals surface area (Å²) >= 11 is 0. The van der Waals surface area contributed by atoms with Gasteiger partial charge < -0.3 is 14.8 Å². The number of aromatic nitrogens is 2. The number of imidazole rings is 1. The Morgan fingerprint density at radius 1 is 1.17 bits per heavy atom. The van der Waals surface area contributed by atoms with E-state index in [0.717, 1.165) is 11.9 Å². The number of hydrogen-bond acceptors (Lipinski definition) is 4. The summed E-state index contributed by atoms with van der Waals surface area (Å²) in [7, 11) is 0. The topological polar surface area (TPSA) is 90.4 Å². The highest BCUT2D eigenvalue weighted by molar-refractivity contribution is 5.73. The summed E-state index contributed by atoms with van der Waals surface area (Å²) in [5.74, 6) is 0. The number of hydrogen-bond donors (Lipinski definition) is 2. The van der Waals surface area contributed by atoms with Gasteiger partial charge in [-0.05, 0) is 36.2 Å². The average molecular weight is 398 g/mol. The number of carbonyl (C=O) groups is 1. The molecular formula is C24H22N4O2. The highest BCUT2D eigenvalue weighted by Crippen LogP contribution is 2.25. The van der Waals surface area contributed by atoms with E-state index in [1.807, 2.05) is 24.7 Å². The fourth-order valence-corrected chi connectivity index (χ4v) is 3.29. The summed E-state index contributed by atoms with van der Waals surface area (Å²) < 4.78 is 2.17. The van der Waals surface area contributed by atoms with Gasteiger partial charge in [-0.15, -0.1) is 0 Å². The van der Waals surface area contributed by atoms with Crippen LogP contribution in [0.1, 0.15) is 23.7 Å². The lowest BCUT2D eigenvalue weighted by atomic mass is 10.0. The molecule has 4 aromatic rings. The second-order valence-electron chi connectivity index (χ2n) is 6.51. The number of nitrogens with zero attached hydrogens (tertiary/aromatic N) is 3. The lowest BCUT2D eigenvalue weighted by Crippen LogP contribution is -1.99. The Bertz CT molecular complexity index is 1180. The molecule has 0 aliphatic carbocycles. The lowest BCUT2D eigenvalue weighted by molar-refractivity contribution is -0.105. The van der Waals surface area contributed by atoms with Crippen LogP contribution in [0.5, 0.6) is 0 Å². The van der Waals surface area contributed by atoms with Crippen molar-refractivity contribution in [3.8, 4) is 17.2 Å². The standard InChI is InChI=1S/C15H14N2.C9H8N2O2/c1-2-15-14(12-6-4-3-5-7-12)9-8-13-10-16-11-17(13)15;10-4-7-1-2-9(11-6-13)8(3-7)5-12/h3-11H,2H2,1H3;1-3,6,12H,5H2,(H,11,13). The predicted molar refractivity (Wildman–Crippen MR) is 117 cm³/mol. The molecule has 4 rings (SSSR count). The molecule has 0 aliphatic heterocycles. The first-order valence-corrected chi connectivity index (χ1v) is 9.55. The molecule has 0 saturated carbocycles. The van der Waals surface area contributed by atoms with E-state index in [0.29, 0.717) is 23.2 Å². The zero-order valence-electron chi connectivity index (χ0n) is 16.6. The number of fused-ring (bicyclic) bond motifs is 1. The number of nitriles is 1. The summed E-state index contributed by atoms with van der Waals surface area (Å²) in [4.78, 5) is 14.3. The Kier molecular flexibility index (Phi) is 6.93. The van der Waals surface area contributed by atoms with E-state index >= 15 is 0 Å². The Hall–Kier alpha value is -3.95. The summed E-state index contributed by atoms with van der Waals surface area (Å²) in [6.45, 7) is 1.98. The summed E-state index contributed by atoms with van der Waals surface area (Å²) in [6.07, 6.45) is 5.31. The Balaban J connectivity index is 0.000000178. The monoisotopic (exact) mass is 398 g/mol. The van der Waals surface area contributed by atoms with Crippen LogP contribution in [0.15, 0.2) is 73.2 Å². The number of nitrogens with one attached hydrogen (secondary N) is 1. The van der Waals surface area contributed by atoms with Crippen LogP contribution in [0.4, 0.5) is 5.69 Å². The van der Waals surface area contributed by atoms with Gasteiger partial charge in [0, 0.05) is 22.5 Å². The molecule has 2 aromatic heterocycles. The SMILES string of the molecule is CCc1c(-c2ccccc2)ccc2cncn12.N#Cc1ccc(NC=O)c(CO)c1. The third kappa shape index (κ3) is 4.54. The predicted octanol–water partition coefficient (Wildman–Crippen LogP) is 4.18. The number of amides is 1. The fourth-order valence-electron chi connectivity index (χ4n) is 3.29. The van der Waals surface area contributed by atoms with Crippen molar-refractivity contribution < 1.29 is 9.90 Å². The average Bonchev–Trinajstić information content (AvgIpc) is 3.29. The zero-order valence-corrected chi connectivity index (χ0v) is 16.6. The van der Waals surface area contributed by atoms with E-state index in [1.165, 1.54) is 22.9 Å². The second kappa shape index (κ2) is 10.0. The first-order valence-electron chi connectivity index (χ1n) is 9.55. The van der Waals surface area contributed by atoms with Crippen molar-refractivity contribution in [2.45, 2.75) is 20.0 Å². The number of pyridine rings is 1. The molecule has 0 unspecified atom stereocenters. The number of anilines is 1. The maximum atomic E-state index is 10.1. The molecule has 6 nitrogen and oxygen atoms in total. The molecule has 0 radical (unpaired) electrons. The molecular weight excluding hydrogens is 376 g/mol. The van der Waals surface area contributed by atoms with Gasteiger partial charge in [-0.25, -0.2) is 4.98 Å². The number of aryl methyl sites for hydroxylation is 1. The molecule has 0 aliphatic rings. The molecule has 2 N–H and O–H groups in total. The van der Waals surface area contributed by atoms with Crippen molar-refractivity contribution in [1.29, 1.82) is 5.26 Å². The summed E-state index contributed by atoms with van der Waals surface area (Å²) in [5, 5.41) is 19.9. The minimum atomic E-state index is -0.203. The molecule has 0 atom stereocenters. The molecule has 2 aromatic carbocycles. The lowest BCUT2D eigenvalue weighted by Gasteiger charge is -2.10. The van der Waals surface area contributed by atoms with Crippen molar-refractivity contribution >= 4 is 17.6 Å².